The van der Waals surface area contributed by atoms with E-state index in [1.165, 1.54) is 24.5 Å². The standard InChI is InChI=1S/C19H23F2N3O2/c20-16-2-1-3-17(21)18(16)19-22-15(13-26-19)12-24-5-4-14(11-24)10-23-6-8-25-9-7-23/h1-3,13-14H,4-12H2. The van der Waals surface area contributed by atoms with Crippen molar-refractivity contribution in [2.45, 2.75) is 13.0 Å². The van der Waals surface area contributed by atoms with E-state index in [4.69, 9.17) is 9.15 Å². The summed E-state index contributed by atoms with van der Waals surface area (Å²) in [6, 6.07) is 3.74. The first-order valence-corrected chi connectivity index (χ1v) is 9.10. The van der Waals surface area contributed by atoms with E-state index in [1.807, 2.05) is 0 Å². The predicted molar refractivity (Wildman–Crippen MR) is 92.5 cm³/mol. The van der Waals surface area contributed by atoms with Gasteiger partial charge in [-0.05, 0) is 31.0 Å². The van der Waals surface area contributed by atoms with Crippen molar-refractivity contribution in [2.24, 2.45) is 5.92 Å². The molecule has 0 radical (unpaired) electrons. The van der Waals surface area contributed by atoms with Crippen molar-refractivity contribution in [3.63, 3.8) is 0 Å². The third-order valence-electron chi connectivity index (χ3n) is 5.10. The third kappa shape index (κ3) is 3.95. The number of hydrogen-bond acceptors (Lipinski definition) is 5. The highest BCUT2D eigenvalue weighted by Crippen LogP contribution is 2.26. The first kappa shape index (κ1) is 17.6. The molecule has 1 atom stereocenters. The van der Waals surface area contributed by atoms with Gasteiger partial charge in [-0.15, -0.1) is 0 Å². The predicted octanol–water partition coefficient (Wildman–Crippen LogP) is 2.77. The molecule has 0 N–H and O–H groups in total. The lowest BCUT2D eigenvalue weighted by molar-refractivity contribution is 0.0311. The molecule has 0 amide bonds. The molecule has 140 valence electrons. The topological polar surface area (TPSA) is 41.7 Å². The quantitative estimate of drug-likeness (QED) is 0.817. The Balaban J connectivity index is 1.35. The van der Waals surface area contributed by atoms with Crippen LogP contribution in [0.3, 0.4) is 0 Å². The summed E-state index contributed by atoms with van der Waals surface area (Å²) >= 11 is 0. The SMILES string of the molecule is Fc1cccc(F)c1-c1nc(CN2CCC(CN3CCOCC3)C2)co1. The Morgan fingerprint density at radius 3 is 2.62 bits per heavy atom. The summed E-state index contributed by atoms with van der Waals surface area (Å²) < 4.78 is 38.4. The Kier molecular flexibility index (Phi) is 5.28. The molecule has 0 aliphatic carbocycles. The van der Waals surface area contributed by atoms with Crippen LogP contribution < -0.4 is 0 Å². The van der Waals surface area contributed by atoms with Crippen molar-refractivity contribution in [3.05, 3.63) is 41.8 Å². The first-order chi connectivity index (χ1) is 12.7. The van der Waals surface area contributed by atoms with Crippen LogP contribution >= 0.6 is 0 Å². The largest absolute Gasteiger partial charge is 0.444 e. The molecular weight excluding hydrogens is 340 g/mol. The molecule has 5 nitrogen and oxygen atoms in total. The smallest absolute Gasteiger partial charge is 0.232 e. The zero-order valence-electron chi connectivity index (χ0n) is 14.7. The number of halogens is 2. The number of oxazole rings is 1. The van der Waals surface area contributed by atoms with Crippen LogP contribution in [-0.4, -0.2) is 60.7 Å². The van der Waals surface area contributed by atoms with Crippen LogP contribution in [-0.2, 0) is 11.3 Å². The number of rotatable bonds is 5. The number of likely N-dealkylation sites (tertiary alicyclic amines) is 1. The van der Waals surface area contributed by atoms with E-state index in [0.717, 1.165) is 52.4 Å². The van der Waals surface area contributed by atoms with Gasteiger partial charge in [-0.3, -0.25) is 9.80 Å². The summed E-state index contributed by atoms with van der Waals surface area (Å²) in [5.74, 6) is -0.682. The minimum absolute atomic E-state index is 0.000311. The van der Waals surface area contributed by atoms with Gasteiger partial charge in [0.2, 0.25) is 5.89 Å². The maximum Gasteiger partial charge on any atom is 0.232 e. The molecule has 1 aromatic carbocycles. The van der Waals surface area contributed by atoms with Gasteiger partial charge >= 0.3 is 0 Å². The Labute approximate surface area is 151 Å². The summed E-state index contributed by atoms with van der Waals surface area (Å²) in [4.78, 5) is 9.08. The highest BCUT2D eigenvalue weighted by Gasteiger charge is 2.26. The van der Waals surface area contributed by atoms with Crippen molar-refractivity contribution in [1.82, 2.24) is 14.8 Å². The van der Waals surface area contributed by atoms with E-state index in [-0.39, 0.29) is 11.5 Å². The van der Waals surface area contributed by atoms with Crippen LogP contribution in [0.5, 0.6) is 0 Å². The maximum atomic E-state index is 13.9. The molecule has 2 aliphatic heterocycles. The molecule has 1 aromatic heterocycles. The number of benzene rings is 1. The van der Waals surface area contributed by atoms with Gasteiger partial charge in [0.05, 0.1) is 18.9 Å². The van der Waals surface area contributed by atoms with Gasteiger partial charge in [-0.25, -0.2) is 13.8 Å². The summed E-state index contributed by atoms with van der Waals surface area (Å²) in [7, 11) is 0. The zero-order valence-corrected chi connectivity index (χ0v) is 14.7. The Morgan fingerprint density at radius 2 is 1.85 bits per heavy atom. The minimum atomic E-state index is -0.662. The molecule has 26 heavy (non-hydrogen) atoms. The van der Waals surface area contributed by atoms with Gasteiger partial charge in [-0.2, -0.15) is 0 Å². The van der Waals surface area contributed by atoms with Crippen LogP contribution in [0.25, 0.3) is 11.5 Å². The molecular formula is C19H23F2N3O2. The fourth-order valence-corrected chi connectivity index (χ4v) is 3.78. The van der Waals surface area contributed by atoms with Gasteiger partial charge in [0.25, 0.3) is 0 Å². The van der Waals surface area contributed by atoms with Crippen LogP contribution in [0, 0.1) is 17.6 Å². The van der Waals surface area contributed by atoms with E-state index in [0.29, 0.717) is 18.2 Å². The molecule has 1 unspecified atom stereocenters. The minimum Gasteiger partial charge on any atom is -0.444 e. The lowest BCUT2D eigenvalue weighted by atomic mass is 10.1. The van der Waals surface area contributed by atoms with Crippen molar-refractivity contribution in [1.29, 1.82) is 0 Å². The summed E-state index contributed by atoms with van der Waals surface area (Å²) in [6.07, 6.45) is 2.65. The van der Waals surface area contributed by atoms with Gasteiger partial charge in [-0.1, -0.05) is 6.07 Å². The molecule has 0 saturated carbocycles. The van der Waals surface area contributed by atoms with Crippen LogP contribution in [0.4, 0.5) is 8.78 Å². The number of nitrogens with zero attached hydrogens (tertiary/aromatic N) is 3. The number of morpholine rings is 1. The average molecular weight is 363 g/mol. The van der Waals surface area contributed by atoms with E-state index < -0.39 is 11.6 Å². The van der Waals surface area contributed by atoms with Crippen molar-refractivity contribution < 1.29 is 17.9 Å². The average Bonchev–Trinajstić information content (AvgIpc) is 3.26. The van der Waals surface area contributed by atoms with Gasteiger partial charge in [0, 0.05) is 32.7 Å². The van der Waals surface area contributed by atoms with Gasteiger partial charge in [0.15, 0.2) is 0 Å². The molecule has 2 aliphatic rings. The molecule has 7 heteroatoms. The number of hydrogen-bond donors (Lipinski definition) is 0. The van der Waals surface area contributed by atoms with Crippen LogP contribution in [0.1, 0.15) is 12.1 Å². The van der Waals surface area contributed by atoms with E-state index >= 15 is 0 Å². The van der Waals surface area contributed by atoms with Gasteiger partial charge in [0.1, 0.15) is 23.5 Å². The molecule has 0 spiro atoms. The van der Waals surface area contributed by atoms with E-state index in [9.17, 15) is 8.78 Å². The fraction of sp³-hybridized carbons (Fsp3) is 0.526. The Bertz CT molecular complexity index is 726. The van der Waals surface area contributed by atoms with Crippen molar-refractivity contribution in [3.8, 4) is 11.5 Å². The first-order valence-electron chi connectivity index (χ1n) is 9.10. The van der Waals surface area contributed by atoms with E-state index in [1.54, 1.807) is 0 Å². The lowest BCUT2D eigenvalue weighted by Crippen LogP contribution is -2.39. The normalized spacial score (nSPS) is 22.2. The van der Waals surface area contributed by atoms with Crippen LogP contribution in [0.15, 0.2) is 28.9 Å². The van der Waals surface area contributed by atoms with Crippen molar-refractivity contribution >= 4 is 0 Å². The Hall–Kier alpha value is -1.83. The summed E-state index contributed by atoms with van der Waals surface area (Å²) in [5, 5.41) is 0. The second kappa shape index (κ2) is 7.82. The highest BCUT2D eigenvalue weighted by molar-refractivity contribution is 5.55. The molecule has 3 heterocycles. The molecule has 0 bridgehead atoms. The maximum absolute atomic E-state index is 13.9. The number of aromatic nitrogens is 1. The second-order valence-corrected chi connectivity index (χ2v) is 7.04. The fourth-order valence-electron chi connectivity index (χ4n) is 3.78. The van der Waals surface area contributed by atoms with E-state index in [2.05, 4.69) is 14.8 Å². The van der Waals surface area contributed by atoms with Gasteiger partial charge < -0.3 is 9.15 Å². The monoisotopic (exact) mass is 363 g/mol. The third-order valence-corrected chi connectivity index (χ3v) is 5.10. The summed E-state index contributed by atoms with van der Waals surface area (Å²) in [5.41, 5.74) is 0.500. The zero-order chi connectivity index (χ0) is 17.9. The lowest BCUT2D eigenvalue weighted by Gasteiger charge is -2.29. The Morgan fingerprint density at radius 1 is 1.08 bits per heavy atom. The number of ether oxygens (including phenoxy) is 1. The second-order valence-electron chi connectivity index (χ2n) is 7.04. The summed E-state index contributed by atoms with van der Waals surface area (Å²) in [6.45, 7) is 7.42. The van der Waals surface area contributed by atoms with Crippen LogP contribution in [0.2, 0.25) is 0 Å². The highest BCUT2D eigenvalue weighted by atomic mass is 19.1. The molecule has 2 fully saturated rings. The molecule has 2 aromatic rings. The van der Waals surface area contributed by atoms with Crippen molar-refractivity contribution in [2.75, 3.05) is 45.9 Å². The molecule has 4 rings (SSSR count). The molecule has 2 saturated heterocycles.